The van der Waals surface area contributed by atoms with Gasteiger partial charge in [0.05, 0.1) is 0 Å². The maximum Gasteiger partial charge on any atom is 0.335 e. The van der Waals surface area contributed by atoms with Gasteiger partial charge in [-0.15, -0.1) is 5.10 Å². The van der Waals surface area contributed by atoms with Crippen molar-refractivity contribution in [2.24, 2.45) is 0 Å². The van der Waals surface area contributed by atoms with Crippen LogP contribution in [-0.4, -0.2) is 30.8 Å². The summed E-state index contributed by atoms with van der Waals surface area (Å²) < 4.78 is 41.5. The van der Waals surface area contributed by atoms with Crippen LogP contribution >= 0.6 is 0 Å². The summed E-state index contributed by atoms with van der Waals surface area (Å²) in [5.41, 5.74) is 1.12. The number of nitrogens with zero attached hydrogens (tertiary/aromatic N) is 2. The molecule has 1 amide bonds. The molecule has 0 bridgehead atoms. The van der Waals surface area contributed by atoms with Crippen molar-refractivity contribution < 1.29 is 22.0 Å². The average Bonchev–Trinajstić information content (AvgIpc) is 3.13. The molecule has 0 unspecified atom stereocenters. The number of nitrogens with one attached hydrogen (secondary N) is 1. The van der Waals surface area contributed by atoms with E-state index in [1.165, 1.54) is 24.3 Å². The molecule has 0 aliphatic rings. The van der Waals surface area contributed by atoms with Gasteiger partial charge in [-0.25, -0.2) is 12.8 Å². The van der Waals surface area contributed by atoms with Gasteiger partial charge in [0.25, 0.3) is 5.91 Å². The Hall–Kier alpha value is -3.07. The fourth-order valence-corrected chi connectivity index (χ4v) is 2.83. The van der Waals surface area contributed by atoms with Gasteiger partial charge in [0.15, 0.2) is 0 Å². The monoisotopic (exact) mass is 389 g/mol. The number of hydrogen-bond donors (Lipinski definition) is 1. The molecule has 1 aromatic heterocycles. The summed E-state index contributed by atoms with van der Waals surface area (Å²) in [6, 6.07) is 13.5. The van der Waals surface area contributed by atoms with E-state index in [1.54, 1.807) is 0 Å². The number of carbonyl (C=O) groups excluding carboxylic acids is 1. The summed E-state index contributed by atoms with van der Waals surface area (Å²) in [6.07, 6.45) is 1.26. The summed E-state index contributed by atoms with van der Waals surface area (Å²) in [4.78, 5) is 12.5. The number of sulfone groups is 1. The van der Waals surface area contributed by atoms with Crippen LogP contribution < -0.4 is 5.32 Å². The summed E-state index contributed by atoms with van der Waals surface area (Å²) in [5, 5.41) is 9.51. The molecule has 0 aliphatic carbocycles. The molecule has 7 nitrogen and oxygen atoms in total. The molecule has 27 heavy (non-hydrogen) atoms. The average molecular weight is 389 g/mol. The molecule has 2 aromatic carbocycles. The fourth-order valence-electron chi connectivity index (χ4n) is 2.40. The maximum absolute atomic E-state index is 13.1. The van der Waals surface area contributed by atoms with Gasteiger partial charge in [0, 0.05) is 18.2 Å². The van der Waals surface area contributed by atoms with Crippen molar-refractivity contribution in [2.75, 3.05) is 6.26 Å². The molecule has 3 aromatic rings. The third-order valence-electron chi connectivity index (χ3n) is 3.73. The van der Waals surface area contributed by atoms with Crippen molar-refractivity contribution in [3.63, 3.8) is 0 Å². The molecule has 9 heteroatoms. The fraction of sp³-hybridized carbons (Fsp3) is 0.167. The zero-order chi connectivity index (χ0) is 19.4. The van der Waals surface area contributed by atoms with Crippen LogP contribution in [-0.2, 0) is 16.3 Å². The quantitative estimate of drug-likeness (QED) is 0.694. The van der Waals surface area contributed by atoms with E-state index in [1.807, 2.05) is 30.3 Å². The molecule has 3 rings (SSSR count). The predicted molar refractivity (Wildman–Crippen MR) is 94.2 cm³/mol. The van der Waals surface area contributed by atoms with Gasteiger partial charge in [-0.3, -0.25) is 4.79 Å². The number of halogens is 1. The second-order valence-corrected chi connectivity index (χ2v) is 7.79. The maximum atomic E-state index is 13.1. The highest BCUT2D eigenvalue weighted by molar-refractivity contribution is 7.90. The van der Waals surface area contributed by atoms with Crippen molar-refractivity contribution in [1.82, 2.24) is 15.5 Å². The van der Waals surface area contributed by atoms with E-state index in [0.29, 0.717) is 6.42 Å². The van der Waals surface area contributed by atoms with Crippen LogP contribution in [0.2, 0.25) is 0 Å². The van der Waals surface area contributed by atoms with Gasteiger partial charge in [-0.05, 0) is 29.8 Å². The lowest BCUT2D eigenvalue weighted by Crippen LogP contribution is -2.30. The van der Waals surface area contributed by atoms with Gasteiger partial charge in [-0.2, -0.15) is 0 Å². The predicted octanol–water partition coefficient (Wildman–Crippen LogP) is 2.33. The lowest BCUT2D eigenvalue weighted by atomic mass is 10.1. The minimum atomic E-state index is -3.67. The van der Waals surface area contributed by atoms with Gasteiger partial charge >= 0.3 is 5.22 Å². The first-order chi connectivity index (χ1) is 12.8. The Kier molecular flexibility index (Phi) is 5.31. The van der Waals surface area contributed by atoms with E-state index < -0.39 is 32.8 Å². The number of carbonyl (C=O) groups is 1. The lowest BCUT2D eigenvalue weighted by Gasteiger charge is -2.15. The Morgan fingerprint density at radius 2 is 1.78 bits per heavy atom. The van der Waals surface area contributed by atoms with Crippen LogP contribution in [0.15, 0.2) is 64.2 Å². The number of benzene rings is 2. The first-order valence-electron chi connectivity index (χ1n) is 7.97. The number of amides is 1. The molecule has 0 spiro atoms. The summed E-state index contributed by atoms with van der Waals surface area (Å²) in [5.74, 6) is -0.966. The van der Waals surface area contributed by atoms with Crippen LogP contribution in [0.3, 0.4) is 0 Å². The summed E-state index contributed by atoms with van der Waals surface area (Å²) in [7, 11) is -3.67. The van der Waals surface area contributed by atoms with E-state index in [4.69, 9.17) is 4.42 Å². The first kappa shape index (κ1) is 18.7. The van der Waals surface area contributed by atoms with Crippen LogP contribution in [0.1, 0.15) is 27.9 Å². The number of rotatable bonds is 6. The highest BCUT2D eigenvalue weighted by Gasteiger charge is 2.25. The second-order valence-electron chi connectivity index (χ2n) is 5.90. The van der Waals surface area contributed by atoms with Crippen LogP contribution in [0, 0.1) is 5.82 Å². The van der Waals surface area contributed by atoms with Gasteiger partial charge in [-0.1, -0.05) is 35.4 Å². The van der Waals surface area contributed by atoms with Crippen LogP contribution in [0.4, 0.5) is 4.39 Å². The molecule has 0 saturated heterocycles. The van der Waals surface area contributed by atoms with Gasteiger partial charge in [0.1, 0.15) is 11.9 Å². The minimum Gasteiger partial charge on any atom is -0.410 e. The Labute approximate surface area is 155 Å². The smallest absolute Gasteiger partial charge is 0.335 e. The molecule has 1 N–H and O–H groups in total. The van der Waals surface area contributed by atoms with Crippen molar-refractivity contribution >= 4 is 15.7 Å². The zero-order valence-corrected chi connectivity index (χ0v) is 15.1. The zero-order valence-electron chi connectivity index (χ0n) is 14.3. The Bertz CT molecular complexity index is 1030. The van der Waals surface area contributed by atoms with E-state index >= 15 is 0 Å². The van der Waals surface area contributed by atoms with Crippen molar-refractivity contribution in [2.45, 2.75) is 17.7 Å². The number of aromatic nitrogens is 2. The van der Waals surface area contributed by atoms with E-state index in [9.17, 15) is 17.6 Å². The minimum absolute atomic E-state index is 0.0326. The Morgan fingerprint density at radius 3 is 2.37 bits per heavy atom. The molecule has 0 saturated carbocycles. The third-order valence-corrected chi connectivity index (χ3v) is 4.53. The third kappa shape index (κ3) is 4.76. The van der Waals surface area contributed by atoms with E-state index in [2.05, 4.69) is 15.5 Å². The lowest BCUT2D eigenvalue weighted by molar-refractivity contribution is 0.0929. The molecule has 0 radical (unpaired) electrons. The van der Waals surface area contributed by atoms with Crippen molar-refractivity contribution in [3.05, 3.63) is 77.4 Å². The SMILES string of the molecule is CS(=O)(=O)c1nnc([C@H](Cc2ccccc2)NC(=O)c2ccc(F)cc2)o1. The summed E-state index contributed by atoms with van der Waals surface area (Å²) >= 11 is 0. The van der Waals surface area contributed by atoms with Gasteiger partial charge in [0.2, 0.25) is 15.7 Å². The Balaban J connectivity index is 1.88. The second kappa shape index (κ2) is 7.67. The van der Waals surface area contributed by atoms with Crippen molar-refractivity contribution in [1.29, 1.82) is 0 Å². The van der Waals surface area contributed by atoms with Crippen LogP contribution in [0.25, 0.3) is 0 Å². The Morgan fingerprint density at radius 1 is 1.11 bits per heavy atom. The first-order valence-corrected chi connectivity index (χ1v) is 9.86. The van der Waals surface area contributed by atoms with Crippen LogP contribution in [0.5, 0.6) is 0 Å². The molecule has 0 aliphatic heterocycles. The van der Waals surface area contributed by atoms with Gasteiger partial charge < -0.3 is 9.73 Å². The normalized spacial score (nSPS) is 12.5. The highest BCUT2D eigenvalue weighted by atomic mass is 32.2. The number of hydrogen-bond acceptors (Lipinski definition) is 6. The van der Waals surface area contributed by atoms with E-state index in [0.717, 1.165) is 11.8 Å². The molecular formula is C18H16FN3O4S. The molecule has 0 fully saturated rings. The van der Waals surface area contributed by atoms with E-state index in [-0.39, 0.29) is 11.5 Å². The summed E-state index contributed by atoms with van der Waals surface area (Å²) in [6.45, 7) is 0. The molecule has 1 atom stereocenters. The molecule has 140 valence electrons. The largest absolute Gasteiger partial charge is 0.410 e. The standard InChI is InChI=1S/C18H16FN3O4S/c1-27(24,25)18-22-21-17(26-18)15(11-12-5-3-2-4-6-12)20-16(23)13-7-9-14(19)10-8-13/h2-10,15H,11H2,1H3,(H,20,23)/t15-/m0/s1. The highest BCUT2D eigenvalue weighted by Crippen LogP contribution is 2.20. The molecular weight excluding hydrogens is 373 g/mol. The van der Waals surface area contributed by atoms with Crippen molar-refractivity contribution in [3.8, 4) is 0 Å². The topological polar surface area (TPSA) is 102 Å². The molecule has 1 heterocycles.